The van der Waals surface area contributed by atoms with Gasteiger partial charge in [0.2, 0.25) is 0 Å². The number of alkyl halides is 3. The largest absolute Gasteiger partial charge is 0.504 e. The summed E-state index contributed by atoms with van der Waals surface area (Å²) in [5, 5.41) is 6.72. The first-order chi connectivity index (χ1) is 16.5. The first-order valence-corrected chi connectivity index (χ1v) is 12.3. The second-order valence-electron chi connectivity index (χ2n) is 9.37. The Balaban J connectivity index is 1.40. The first-order valence-electron chi connectivity index (χ1n) is 11.4. The monoisotopic (exact) mass is 508 g/mol. The zero-order chi connectivity index (χ0) is 25.4. The van der Waals surface area contributed by atoms with Crippen molar-refractivity contribution in [3.63, 3.8) is 0 Å². The molecule has 10 heteroatoms. The van der Waals surface area contributed by atoms with Crippen molar-refractivity contribution in [2.24, 2.45) is 0 Å². The van der Waals surface area contributed by atoms with E-state index in [1.807, 2.05) is 26.2 Å². The van der Waals surface area contributed by atoms with Gasteiger partial charge in [0.05, 0.1) is 9.75 Å². The van der Waals surface area contributed by atoms with Crippen LogP contribution in [0, 0.1) is 12.7 Å². The molecule has 1 amide bonds. The molecule has 0 aliphatic heterocycles. The van der Waals surface area contributed by atoms with Crippen molar-refractivity contribution in [2.75, 3.05) is 14.1 Å². The highest BCUT2D eigenvalue weighted by molar-refractivity contribution is 7.17. The smallest absolute Gasteiger partial charge is 0.349 e. The molecule has 1 saturated carbocycles. The van der Waals surface area contributed by atoms with Crippen molar-refractivity contribution in [2.45, 2.75) is 56.9 Å². The summed E-state index contributed by atoms with van der Waals surface area (Å²) < 4.78 is 53.1. The third-order valence-corrected chi connectivity index (χ3v) is 7.99. The van der Waals surface area contributed by atoms with E-state index in [-0.39, 0.29) is 33.7 Å². The number of nitrogens with one attached hydrogen (secondary N) is 1. The molecule has 35 heavy (non-hydrogen) atoms. The molecule has 3 aromatic rings. The molecular weight excluding hydrogens is 480 g/mol. The Hall–Kier alpha value is -2.72. The summed E-state index contributed by atoms with van der Waals surface area (Å²) in [5.74, 6) is -0.446. The van der Waals surface area contributed by atoms with Crippen LogP contribution in [0.3, 0.4) is 0 Å². The van der Waals surface area contributed by atoms with Crippen LogP contribution >= 0.6 is 11.3 Å². The molecule has 5 nitrogen and oxygen atoms in total. The highest BCUT2D eigenvalue weighted by atomic mass is 32.1. The molecule has 0 unspecified atom stereocenters. The molecule has 0 saturated heterocycles. The number of thiophene rings is 1. The number of hydrogen-bond acceptors (Lipinski definition) is 4. The Morgan fingerprint density at radius 3 is 2.49 bits per heavy atom. The van der Waals surface area contributed by atoms with Crippen LogP contribution in [0.25, 0.3) is 10.6 Å². The van der Waals surface area contributed by atoms with Gasteiger partial charge in [0.25, 0.3) is 5.91 Å². The Labute approximate surface area is 205 Å². The lowest BCUT2D eigenvalue weighted by molar-refractivity contribution is -0.212. The van der Waals surface area contributed by atoms with Crippen LogP contribution in [0.5, 0.6) is 0 Å². The van der Waals surface area contributed by atoms with Gasteiger partial charge in [0, 0.05) is 17.8 Å². The third kappa shape index (κ3) is 5.43. The first kappa shape index (κ1) is 25.4. The number of aromatic nitrogens is 2. The van der Waals surface area contributed by atoms with E-state index in [4.69, 9.17) is 0 Å². The average molecular weight is 509 g/mol. The third-order valence-electron chi connectivity index (χ3n) is 6.90. The highest BCUT2D eigenvalue weighted by Gasteiger charge is 2.38. The Kier molecular flexibility index (Phi) is 7.06. The molecule has 2 aromatic heterocycles. The molecule has 1 aromatic carbocycles. The van der Waals surface area contributed by atoms with Gasteiger partial charge >= 0.3 is 6.30 Å². The van der Waals surface area contributed by atoms with E-state index in [2.05, 4.69) is 15.3 Å². The van der Waals surface area contributed by atoms with Crippen molar-refractivity contribution in [3.8, 4) is 10.6 Å². The molecule has 4 rings (SSSR count). The SMILES string of the molecule is Cc1cn(C(F)(F)F)nc1-c1ccc(C(=O)NC2CCC(Cc3ccccc3F)(N(C)C)CC2)s1. The number of amides is 1. The normalized spacial score (nSPS) is 20.9. The Morgan fingerprint density at radius 1 is 1.20 bits per heavy atom. The van der Waals surface area contributed by atoms with Crippen molar-refractivity contribution in [1.29, 1.82) is 0 Å². The summed E-state index contributed by atoms with van der Waals surface area (Å²) in [6.45, 7) is 1.56. The quantitative estimate of drug-likeness (QED) is 0.432. The van der Waals surface area contributed by atoms with Crippen LogP contribution < -0.4 is 5.32 Å². The molecule has 0 atom stereocenters. The van der Waals surface area contributed by atoms with Gasteiger partial charge < -0.3 is 10.2 Å². The highest BCUT2D eigenvalue weighted by Crippen LogP contribution is 2.37. The minimum absolute atomic E-state index is 0.0164. The fourth-order valence-corrected chi connectivity index (χ4v) is 5.71. The molecule has 1 fully saturated rings. The predicted molar refractivity (Wildman–Crippen MR) is 128 cm³/mol. The van der Waals surface area contributed by atoms with Gasteiger partial charge in [0.1, 0.15) is 11.5 Å². The Bertz CT molecular complexity index is 1190. The fraction of sp³-hybridized carbons (Fsp3) is 0.440. The summed E-state index contributed by atoms with van der Waals surface area (Å²) in [5.41, 5.74) is 1.11. The van der Waals surface area contributed by atoms with Gasteiger partial charge in [-0.2, -0.15) is 9.78 Å². The van der Waals surface area contributed by atoms with Crippen molar-refractivity contribution < 1.29 is 22.4 Å². The van der Waals surface area contributed by atoms with Crippen LogP contribution in [-0.2, 0) is 12.7 Å². The summed E-state index contributed by atoms with van der Waals surface area (Å²) in [6, 6.07) is 10.1. The van der Waals surface area contributed by atoms with Gasteiger partial charge in [-0.25, -0.2) is 4.39 Å². The topological polar surface area (TPSA) is 50.2 Å². The zero-order valence-electron chi connectivity index (χ0n) is 19.8. The number of hydrogen-bond donors (Lipinski definition) is 1. The fourth-order valence-electron chi connectivity index (χ4n) is 4.76. The van der Waals surface area contributed by atoms with Crippen molar-refractivity contribution >= 4 is 17.2 Å². The number of rotatable bonds is 6. The van der Waals surface area contributed by atoms with Gasteiger partial charge in [0.15, 0.2) is 0 Å². The molecule has 188 valence electrons. The maximum atomic E-state index is 14.3. The molecule has 0 spiro atoms. The standard InChI is InChI=1S/C25H28F4N4OS/c1-16-15-33(25(27,28)29)31-22(16)20-8-9-21(35-20)23(34)30-18-10-12-24(13-11-18,32(2)3)14-17-6-4-5-7-19(17)26/h4-9,15,18H,10-14H2,1-3H3,(H,30,34). The van der Waals surface area contributed by atoms with Gasteiger partial charge in [-0.1, -0.05) is 18.2 Å². The number of carbonyl (C=O) groups excluding carboxylic acids is 1. The minimum Gasteiger partial charge on any atom is -0.349 e. The number of halogens is 4. The van der Waals surface area contributed by atoms with E-state index in [1.165, 1.54) is 6.07 Å². The maximum absolute atomic E-state index is 14.3. The number of benzene rings is 1. The van der Waals surface area contributed by atoms with E-state index in [0.29, 0.717) is 27.3 Å². The number of aryl methyl sites for hydroxylation is 1. The summed E-state index contributed by atoms with van der Waals surface area (Å²) in [6.07, 6.45) is 0.0830. The molecule has 1 aliphatic rings. The summed E-state index contributed by atoms with van der Waals surface area (Å²) in [4.78, 5) is 16.0. The number of carbonyl (C=O) groups is 1. The summed E-state index contributed by atoms with van der Waals surface area (Å²) >= 11 is 1.12. The van der Waals surface area contributed by atoms with Crippen molar-refractivity contribution in [1.82, 2.24) is 20.0 Å². The van der Waals surface area contributed by atoms with Gasteiger partial charge in [-0.15, -0.1) is 24.5 Å². The predicted octanol–water partition coefficient (Wildman–Crippen LogP) is 5.75. The van der Waals surface area contributed by atoms with Crippen LogP contribution in [0.1, 0.15) is 46.5 Å². The van der Waals surface area contributed by atoms with Crippen LogP contribution in [0.4, 0.5) is 17.6 Å². The lowest BCUT2D eigenvalue weighted by atomic mass is 9.74. The Morgan fingerprint density at radius 2 is 1.89 bits per heavy atom. The summed E-state index contributed by atoms with van der Waals surface area (Å²) in [7, 11) is 4.02. The molecule has 0 radical (unpaired) electrons. The zero-order valence-corrected chi connectivity index (χ0v) is 20.6. The molecule has 0 bridgehead atoms. The van der Waals surface area contributed by atoms with E-state index in [9.17, 15) is 22.4 Å². The lowest BCUT2D eigenvalue weighted by Gasteiger charge is -2.45. The van der Waals surface area contributed by atoms with E-state index in [0.717, 1.165) is 43.2 Å². The minimum atomic E-state index is -4.59. The molecule has 1 aliphatic carbocycles. The molecule has 1 N–H and O–H groups in total. The molecule has 2 heterocycles. The molecular formula is C25H28F4N4OS. The van der Waals surface area contributed by atoms with E-state index in [1.54, 1.807) is 25.1 Å². The van der Waals surface area contributed by atoms with Crippen LogP contribution in [-0.4, -0.2) is 46.3 Å². The number of nitrogens with zero attached hydrogens (tertiary/aromatic N) is 3. The second-order valence-corrected chi connectivity index (χ2v) is 10.5. The van der Waals surface area contributed by atoms with Crippen LogP contribution in [0.2, 0.25) is 0 Å². The van der Waals surface area contributed by atoms with Crippen molar-refractivity contribution in [3.05, 3.63) is 64.4 Å². The van der Waals surface area contributed by atoms with Gasteiger partial charge in [-0.3, -0.25) is 4.79 Å². The van der Waals surface area contributed by atoms with Gasteiger partial charge in [-0.05, 0) is 82.4 Å². The maximum Gasteiger partial charge on any atom is 0.504 e. The van der Waals surface area contributed by atoms with E-state index >= 15 is 0 Å². The average Bonchev–Trinajstić information content (AvgIpc) is 3.43. The van der Waals surface area contributed by atoms with Crippen LogP contribution in [0.15, 0.2) is 42.6 Å². The lowest BCUT2D eigenvalue weighted by Crippen LogP contribution is -2.52. The number of likely N-dealkylation sites (N-methyl/N-ethyl adjacent to an activating group) is 1. The van der Waals surface area contributed by atoms with E-state index < -0.39 is 6.30 Å². The second kappa shape index (κ2) is 9.73.